The minimum atomic E-state index is -0.163. The zero-order chi connectivity index (χ0) is 23.7. The number of carbonyl (C=O) groups excluding carboxylic acids is 1. The van der Waals surface area contributed by atoms with Crippen molar-refractivity contribution in [2.45, 2.75) is 32.6 Å². The molecule has 0 aliphatic heterocycles. The molecule has 7 heteroatoms. The molecule has 0 radical (unpaired) electrons. The van der Waals surface area contributed by atoms with Crippen LogP contribution >= 0.6 is 0 Å². The maximum absolute atomic E-state index is 12.5. The van der Waals surface area contributed by atoms with E-state index in [-0.39, 0.29) is 17.7 Å². The van der Waals surface area contributed by atoms with Gasteiger partial charge in [-0.1, -0.05) is 50.2 Å². The van der Waals surface area contributed by atoms with Gasteiger partial charge in [0.2, 0.25) is 5.91 Å². The van der Waals surface area contributed by atoms with Gasteiger partial charge in [-0.15, -0.1) is 0 Å². The SMILES string of the molecule is CC(C)(C)c1cc(NC(=O)Cc2ccc(-n3cnc4cc(-c5cccnc5)ccc43)cc2)no1. The van der Waals surface area contributed by atoms with E-state index in [2.05, 4.69) is 38.6 Å². The molecule has 0 bridgehead atoms. The lowest BCUT2D eigenvalue weighted by Crippen LogP contribution is -2.14. The fraction of sp³-hybridized carbons (Fsp3) is 0.185. The smallest absolute Gasteiger partial charge is 0.230 e. The van der Waals surface area contributed by atoms with Crippen LogP contribution in [0.5, 0.6) is 0 Å². The van der Waals surface area contributed by atoms with Gasteiger partial charge in [0.05, 0.1) is 17.5 Å². The predicted molar refractivity (Wildman–Crippen MR) is 132 cm³/mol. The van der Waals surface area contributed by atoms with E-state index in [1.807, 2.05) is 74.3 Å². The Hall–Kier alpha value is -4.26. The number of nitrogens with zero attached hydrogens (tertiary/aromatic N) is 4. The first-order chi connectivity index (χ1) is 16.4. The van der Waals surface area contributed by atoms with E-state index < -0.39 is 0 Å². The number of imidazole rings is 1. The maximum Gasteiger partial charge on any atom is 0.230 e. The number of amides is 1. The van der Waals surface area contributed by atoms with Crippen LogP contribution < -0.4 is 5.32 Å². The molecule has 1 N–H and O–H groups in total. The van der Waals surface area contributed by atoms with Crippen molar-refractivity contribution in [1.82, 2.24) is 19.7 Å². The number of rotatable bonds is 5. The molecular weight excluding hydrogens is 426 g/mol. The summed E-state index contributed by atoms with van der Waals surface area (Å²) in [5.41, 5.74) is 5.78. The maximum atomic E-state index is 12.5. The van der Waals surface area contributed by atoms with Crippen LogP contribution in [0.4, 0.5) is 5.82 Å². The highest BCUT2D eigenvalue weighted by Crippen LogP contribution is 2.26. The topological polar surface area (TPSA) is 85.8 Å². The van der Waals surface area contributed by atoms with Crippen molar-refractivity contribution in [2.24, 2.45) is 0 Å². The Labute approximate surface area is 197 Å². The summed E-state index contributed by atoms with van der Waals surface area (Å²) in [5, 5.41) is 6.75. The summed E-state index contributed by atoms with van der Waals surface area (Å²) in [7, 11) is 0. The molecule has 0 aliphatic rings. The Morgan fingerprint density at radius 2 is 1.85 bits per heavy atom. The van der Waals surface area contributed by atoms with Gasteiger partial charge in [0.15, 0.2) is 5.82 Å². The summed E-state index contributed by atoms with van der Waals surface area (Å²) in [6.07, 6.45) is 5.67. The van der Waals surface area contributed by atoms with Gasteiger partial charge in [-0.05, 0) is 41.5 Å². The molecule has 3 heterocycles. The van der Waals surface area contributed by atoms with E-state index in [1.54, 1.807) is 12.3 Å². The molecule has 0 saturated carbocycles. The van der Waals surface area contributed by atoms with Crippen LogP contribution in [0.1, 0.15) is 32.1 Å². The van der Waals surface area contributed by atoms with E-state index in [4.69, 9.17) is 4.52 Å². The predicted octanol–water partition coefficient (Wildman–Crippen LogP) is 5.55. The molecule has 0 unspecified atom stereocenters. The Morgan fingerprint density at radius 1 is 1.03 bits per heavy atom. The molecular formula is C27H25N5O2. The Morgan fingerprint density at radius 3 is 2.56 bits per heavy atom. The van der Waals surface area contributed by atoms with Gasteiger partial charge < -0.3 is 9.84 Å². The number of hydrogen-bond acceptors (Lipinski definition) is 5. The molecule has 0 atom stereocenters. The van der Waals surface area contributed by atoms with Crippen molar-refractivity contribution < 1.29 is 9.32 Å². The fourth-order valence-electron chi connectivity index (χ4n) is 3.77. The normalized spacial score (nSPS) is 11.6. The average Bonchev–Trinajstić information content (AvgIpc) is 3.47. The van der Waals surface area contributed by atoms with Crippen LogP contribution in [0.15, 0.2) is 83.9 Å². The highest BCUT2D eigenvalue weighted by molar-refractivity contribution is 5.91. The third-order valence-corrected chi connectivity index (χ3v) is 5.64. The highest BCUT2D eigenvalue weighted by atomic mass is 16.5. The molecule has 34 heavy (non-hydrogen) atoms. The molecule has 5 aromatic rings. The average molecular weight is 452 g/mol. The lowest BCUT2D eigenvalue weighted by Gasteiger charge is -2.12. The number of pyridine rings is 1. The van der Waals surface area contributed by atoms with Crippen LogP contribution in [0.25, 0.3) is 27.8 Å². The Balaban J connectivity index is 1.29. The third kappa shape index (κ3) is 4.45. The molecule has 0 aliphatic carbocycles. The van der Waals surface area contributed by atoms with E-state index in [0.29, 0.717) is 5.82 Å². The number of anilines is 1. The largest absolute Gasteiger partial charge is 0.359 e. The number of aromatic nitrogens is 4. The summed E-state index contributed by atoms with van der Waals surface area (Å²) >= 11 is 0. The fourth-order valence-corrected chi connectivity index (χ4v) is 3.77. The van der Waals surface area contributed by atoms with Crippen LogP contribution in [-0.2, 0) is 16.6 Å². The second-order valence-corrected chi connectivity index (χ2v) is 9.28. The van der Waals surface area contributed by atoms with Crippen LogP contribution in [0, 0.1) is 0 Å². The number of carbonyl (C=O) groups is 1. The zero-order valence-electron chi connectivity index (χ0n) is 19.3. The molecule has 0 fully saturated rings. The van der Waals surface area contributed by atoms with Gasteiger partial charge in [0.1, 0.15) is 12.1 Å². The second-order valence-electron chi connectivity index (χ2n) is 9.28. The quantitative estimate of drug-likeness (QED) is 0.378. The van der Waals surface area contributed by atoms with Crippen molar-refractivity contribution in [3.8, 4) is 16.8 Å². The Bertz CT molecular complexity index is 1440. The van der Waals surface area contributed by atoms with E-state index in [9.17, 15) is 4.79 Å². The first kappa shape index (κ1) is 21.6. The van der Waals surface area contributed by atoms with E-state index >= 15 is 0 Å². The Kier molecular flexibility index (Phi) is 5.45. The van der Waals surface area contributed by atoms with E-state index in [0.717, 1.165) is 39.2 Å². The first-order valence-corrected chi connectivity index (χ1v) is 11.1. The third-order valence-electron chi connectivity index (χ3n) is 5.64. The molecule has 2 aromatic carbocycles. The molecule has 5 rings (SSSR count). The number of fused-ring (bicyclic) bond motifs is 1. The van der Waals surface area contributed by atoms with Gasteiger partial charge in [0, 0.05) is 35.1 Å². The summed E-state index contributed by atoms with van der Waals surface area (Å²) in [5.74, 6) is 1.02. The number of benzene rings is 2. The molecule has 1 amide bonds. The lowest BCUT2D eigenvalue weighted by atomic mass is 9.93. The first-order valence-electron chi connectivity index (χ1n) is 11.1. The lowest BCUT2D eigenvalue weighted by molar-refractivity contribution is -0.115. The van der Waals surface area contributed by atoms with Crippen molar-refractivity contribution in [3.05, 3.63) is 90.7 Å². The van der Waals surface area contributed by atoms with Gasteiger partial charge >= 0.3 is 0 Å². The minimum absolute atomic E-state index is 0.141. The summed E-state index contributed by atoms with van der Waals surface area (Å²) in [6, 6.07) is 19.8. The molecule has 170 valence electrons. The monoisotopic (exact) mass is 451 g/mol. The number of nitrogens with one attached hydrogen (secondary N) is 1. The van der Waals surface area contributed by atoms with Crippen molar-refractivity contribution in [1.29, 1.82) is 0 Å². The van der Waals surface area contributed by atoms with Crippen molar-refractivity contribution in [3.63, 3.8) is 0 Å². The van der Waals surface area contributed by atoms with Crippen molar-refractivity contribution in [2.75, 3.05) is 5.32 Å². The van der Waals surface area contributed by atoms with Gasteiger partial charge in [0.25, 0.3) is 0 Å². The minimum Gasteiger partial charge on any atom is -0.359 e. The zero-order valence-corrected chi connectivity index (χ0v) is 19.3. The second kappa shape index (κ2) is 8.59. The van der Waals surface area contributed by atoms with E-state index in [1.165, 1.54) is 0 Å². The van der Waals surface area contributed by atoms with Crippen LogP contribution in [-0.4, -0.2) is 25.6 Å². The summed E-state index contributed by atoms with van der Waals surface area (Å²) in [4.78, 5) is 21.2. The van der Waals surface area contributed by atoms with Gasteiger partial charge in [-0.25, -0.2) is 4.98 Å². The van der Waals surface area contributed by atoms with Gasteiger partial charge in [-0.2, -0.15) is 0 Å². The molecule has 0 saturated heterocycles. The molecule has 7 nitrogen and oxygen atoms in total. The van der Waals surface area contributed by atoms with Crippen molar-refractivity contribution >= 4 is 22.8 Å². The van der Waals surface area contributed by atoms with Crippen LogP contribution in [0.2, 0.25) is 0 Å². The summed E-state index contributed by atoms with van der Waals surface area (Å²) < 4.78 is 7.37. The molecule has 3 aromatic heterocycles. The highest BCUT2D eigenvalue weighted by Gasteiger charge is 2.20. The molecule has 0 spiro atoms. The number of hydrogen-bond donors (Lipinski definition) is 1. The summed E-state index contributed by atoms with van der Waals surface area (Å²) in [6.45, 7) is 6.09. The van der Waals surface area contributed by atoms with Gasteiger partial charge in [-0.3, -0.25) is 14.3 Å². The van der Waals surface area contributed by atoms with Crippen LogP contribution in [0.3, 0.4) is 0 Å². The standard InChI is InChI=1S/C27H25N5O2/c1-27(2,3)24-15-25(31-34-24)30-26(33)13-18-6-9-21(10-7-18)32-17-29-22-14-19(8-11-23(22)32)20-5-4-12-28-16-20/h4-12,14-17H,13H2,1-3H3,(H,30,31,33).